The molecule has 0 N–H and O–H groups in total. The first-order chi connectivity index (χ1) is 30.8. The smallest absolute Gasteiger partial charge is 0.161 e. The Hall–Kier alpha value is -8.21. The number of para-hydroxylation sites is 2. The zero-order valence-electron chi connectivity index (χ0n) is 33.6. The van der Waals surface area contributed by atoms with Crippen molar-refractivity contribution in [2.75, 3.05) is 0 Å². The van der Waals surface area contributed by atoms with Crippen LogP contribution in [0, 0.1) is 0 Å². The topological polar surface area (TPSA) is 43.6 Å². The number of benzene rings is 9. The van der Waals surface area contributed by atoms with E-state index in [-0.39, 0.29) is 0 Å². The van der Waals surface area contributed by atoms with Gasteiger partial charge in [0.2, 0.25) is 0 Å². The highest BCUT2D eigenvalue weighted by Gasteiger charge is 2.52. The second kappa shape index (κ2) is 13.4. The average Bonchev–Trinajstić information content (AvgIpc) is 3.99. The maximum atomic E-state index is 5.48. The van der Waals surface area contributed by atoms with Crippen LogP contribution in [0.25, 0.3) is 95.0 Å². The molecule has 0 aliphatic heterocycles. The fourth-order valence-electron chi connectivity index (χ4n) is 10.4. The number of aromatic nitrogens is 4. The van der Waals surface area contributed by atoms with E-state index in [0.717, 1.165) is 72.8 Å². The highest BCUT2D eigenvalue weighted by Crippen LogP contribution is 2.63. The van der Waals surface area contributed by atoms with E-state index in [0.29, 0.717) is 0 Å². The molecule has 4 heteroatoms. The lowest BCUT2D eigenvalue weighted by atomic mass is 9.70. The Labute approximate surface area is 359 Å². The Kier molecular flexibility index (Phi) is 7.49. The van der Waals surface area contributed by atoms with Crippen molar-refractivity contribution >= 4 is 21.9 Å². The number of hydrogen-bond donors (Lipinski definition) is 0. The zero-order valence-corrected chi connectivity index (χ0v) is 33.6. The van der Waals surface area contributed by atoms with Crippen LogP contribution in [0.1, 0.15) is 22.3 Å². The second-order valence-corrected chi connectivity index (χ2v) is 16.3. The molecule has 0 bridgehead atoms. The van der Waals surface area contributed by atoms with Gasteiger partial charge in [0.1, 0.15) is 5.82 Å². The lowest BCUT2D eigenvalue weighted by molar-refractivity contribution is 0.794. The van der Waals surface area contributed by atoms with E-state index >= 15 is 0 Å². The summed E-state index contributed by atoms with van der Waals surface area (Å²) in [5.74, 6) is 1.64. The van der Waals surface area contributed by atoms with Crippen LogP contribution in [0.5, 0.6) is 0 Å². The minimum Gasteiger partial charge on any atom is -0.292 e. The second-order valence-electron chi connectivity index (χ2n) is 16.3. The summed E-state index contributed by atoms with van der Waals surface area (Å²) in [7, 11) is 0. The fraction of sp³-hybridized carbons (Fsp3) is 0.0172. The van der Waals surface area contributed by atoms with Crippen LogP contribution in [0.15, 0.2) is 218 Å². The van der Waals surface area contributed by atoms with Gasteiger partial charge in [-0.2, -0.15) is 0 Å². The third kappa shape index (κ3) is 4.92. The maximum Gasteiger partial charge on any atom is 0.161 e. The molecule has 62 heavy (non-hydrogen) atoms. The molecular weight excluding hydrogens is 753 g/mol. The SMILES string of the molecule is c1ccc(-c2nc3cc(-c4ccc(-c5nc(-c6cccc7c6-c6ccccc6C76c7ccccc7-c7ccccc76)nc6ccccc56)cc4)ccc3n2-c2ccccc2)cc1. The van der Waals surface area contributed by atoms with Gasteiger partial charge >= 0.3 is 0 Å². The van der Waals surface area contributed by atoms with Crippen molar-refractivity contribution in [1.82, 2.24) is 19.5 Å². The number of fused-ring (bicyclic) bond motifs is 12. The molecular formula is C58H36N4. The van der Waals surface area contributed by atoms with E-state index < -0.39 is 5.41 Å². The van der Waals surface area contributed by atoms with Gasteiger partial charge in [0, 0.05) is 27.8 Å². The van der Waals surface area contributed by atoms with Gasteiger partial charge in [-0.1, -0.05) is 188 Å². The molecule has 0 fully saturated rings. The molecule has 1 spiro atoms. The first-order valence-corrected chi connectivity index (χ1v) is 21.2. The van der Waals surface area contributed by atoms with Gasteiger partial charge < -0.3 is 0 Å². The molecule has 0 radical (unpaired) electrons. The molecule has 2 aliphatic rings. The highest BCUT2D eigenvalue weighted by atomic mass is 15.1. The van der Waals surface area contributed by atoms with Crippen LogP contribution < -0.4 is 0 Å². The Bertz CT molecular complexity index is 3520. The summed E-state index contributed by atoms with van der Waals surface area (Å²) in [5, 5.41) is 1.02. The lowest BCUT2D eigenvalue weighted by Crippen LogP contribution is -2.25. The molecule has 0 unspecified atom stereocenters. The number of nitrogens with zero attached hydrogens (tertiary/aromatic N) is 4. The Balaban J connectivity index is 0.941. The van der Waals surface area contributed by atoms with Gasteiger partial charge in [0.15, 0.2) is 5.82 Å². The quantitative estimate of drug-likeness (QED) is 0.174. The third-order valence-electron chi connectivity index (χ3n) is 13.1. The lowest BCUT2D eigenvalue weighted by Gasteiger charge is -2.30. The number of hydrogen-bond acceptors (Lipinski definition) is 3. The molecule has 2 heterocycles. The van der Waals surface area contributed by atoms with Crippen molar-refractivity contribution < 1.29 is 0 Å². The number of imidazole rings is 1. The summed E-state index contributed by atoms with van der Waals surface area (Å²) < 4.78 is 2.25. The number of rotatable bonds is 5. The van der Waals surface area contributed by atoms with Crippen molar-refractivity contribution in [1.29, 1.82) is 0 Å². The summed E-state index contributed by atoms with van der Waals surface area (Å²) in [6.45, 7) is 0. The predicted molar refractivity (Wildman–Crippen MR) is 252 cm³/mol. The molecule has 4 nitrogen and oxygen atoms in total. The minimum atomic E-state index is -0.434. The summed E-state index contributed by atoms with van der Waals surface area (Å²) in [6, 6.07) is 78.2. The largest absolute Gasteiger partial charge is 0.292 e. The molecule has 2 aliphatic carbocycles. The molecule has 13 rings (SSSR count). The summed E-state index contributed by atoms with van der Waals surface area (Å²) in [5.41, 5.74) is 20.1. The van der Waals surface area contributed by atoms with Crippen LogP contribution >= 0.6 is 0 Å². The monoisotopic (exact) mass is 788 g/mol. The van der Waals surface area contributed by atoms with Crippen molar-refractivity contribution in [3.63, 3.8) is 0 Å². The van der Waals surface area contributed by atoms with Crippen molar-refractivity contribution in [3.8, 4) is 73.1 Å². The standard InChI is InChI=1S/C58H36N4/c1-3-16-39(17-4-1)57-60-52-36-40(34-35-53(52)62(57)41-18-5-2-6-19-41)37-30-32-38(33-31-37)55-45-23-10-14-29-51(45)59-56(61-55)46-24-15-28-50-54(46)44-22-9-13-27-49(44)58(50)47-25-11-7-20-42(47)43-21-8-12-26-48(43)58/h1-36H. The maximum absolute atomic E-state index is 5.48. The van der Waals surface area contributed by atoms with Gasteiger partial charge in [0.25, 0.3) is 0 Å². The van der Waals surface area contributed by atoms with E-state index in [9.17, 15) is 0 Å². The van der Waals surface area contributed by atoms with Crippen LogP contribution in [-0.2, 0) is 5.41 Å². The Morgan fingerprint density at radius 3 is 1.66 bits per heavy atom. The molecule has 11 aromatic rings. The minimum absolute atomic E-state index is 0.434. The predicted octanol–water partition coefficient (Wildman–Crippen LogP) is 14.0. The molecule has 0 saturated carbocycles. The van der Waals surface area contributed by atoms with E-state index in [1.807, 2.05) is 12.1 Å². The van der Waals surface area contributed by atoms with E-state index in [1.54, 1.807) is 0 Å². The van der Waals surface area contributed by atoms with Crippen LogP contribution in [-0.4, -0.2) is 19.5 Å². The fourth-order valence-corrected chi connectivity index (χ4v) is 10.4. The first-order valence-electron chi connectivity index (χ1n) is 21.2. The van der Waals surface area contributed by atoms with Crippen molar-refractivity contribution in [2.24, 2.45) is 0 Å². The average molecular weight is 789 g/mol. The Morgan fingerprint density at radius 2 is 0.919 bits per heavy atom. The van der Waals surface area contributed by atoms with Gasteiger partial charge in [-0.3, -0.25) is 4.57 Å². The third-order valence-corrected chi connectivity index (χ3v) is 13.1. The van der Waals surface area contributed by atoms with Crippen LogP contribution in [0.4, 0.5) is 0 Å². The zero-order chi connectivity index (χ0) is 40.8. The van der Waals surface area contributed by atoms with Crippen molar-refractivity contribution in [3.05, 3.63) is 241 Å². The Morgan fingerprint density at radius 1 is 0.355 bits per heavy atom. The van der Waals surface area contributed by atoms with Crippen LogP contribution in [0.3, 0.4) is 0 Å². The molecule has 9 aromatic carbocycles. The molecule has 0 saturated heterocycles. The molecule has 2 aromatic heterocycles. The summed E-state index contributed by atoms with van der Waals surface area (Å²) in [6.07, 6.45) is 0. The normalized spacial score (nSPS) is 13.0. The molecule has 0 amide bonds. The van der Waals surface area contributed by atoms with Gasteiger partial charge in [0.05, 0.1) is 27.7 Å². The molecule has 0 atom stereocenters. The molecule has 288 valence electrons. The van der Waals surface area contributed by atoms with Gasteiger partial charge in [-0.15, -0.1) is 0 Å². The van der Waals surface area contributed by atoms with Gasteiger partial charge in [-0.05, 0) is 86.0 Å². The van der Waals surface area contributed by atoms with E-state index in [4.69, 9.17) is 15.0 Å². The highest BCUT2D eigenvalue weighted by molar-refractivity contribution is 6.01. The van der Waals surface area contributed by atoms with E-state index in [1.165, 1.54) is 44.5 Å². The summed E-state index contributed by atoms with van der Waals surface area (Å²) >= 11 is 0. The van der Waals surface area contributed by atoms with Crippen molar-refractivity contribution in [2.45, 2.75) is 5.41 Å². The van der Waals surface area contributed by atoms with E-state index in [2.05, 4.69) is 211 Å². The van der Waals surface area contributed by atoms with Gasteiger partial charge in [-0.25, -0.2) is 15.0 Å². The summed E-state index contributed by atoms with van der Waals surface area (Å²) in [4.78, 5) is 16.0. The first kappa shape index (κ1) is 34.6. The van der Waals surface area contributed by atoms with Crippen LogP contribution in [0.2, 0.25) is 0 Å².